The number of aromatic nitrogens is 1. The second-order valence-electron chi connectivity index (χ2n) is 4.58. The smallest absolute Gasteiger partial charge is 0.139 e. The van der Waals surface area contributed by atoms with Crippen LogP contribution in [0.15, 0.2) is 18.5 Å². The van der Waals surface area contributed by atoms with Gasteiger partial charge in [0.15, 0.2) is 0 Å². The summed E-state index contributed by atoms with van der Waals surface area (Å²) in [5.74, 6) is 0.786. The molecule has 0 aromatic carbocycles. The maximum Gasteiger partial charge on any atom is 0.139 e. The highest BCUT2D eigenvalue weighted by Crippen LogP contribution is 2.39. The second-order valence-corrected chi connectivity index (χ2v) is 5.02. The van der Waals surface area contributed by atoms with Gasteiger partial charge in [0.2, 0.25) is 0 Å². The number of hydrogen-bond donors (Lipinski definition) is 1. The standard InChI is InChI=1S/C13H19ClN2O/c1-2-15-7-6-13(4-3-5-13)17-12-8-11(14)9-16-10-12/h8-10,15H,2-7H2,1H3. The Morgan fingerprint density at radius 3 is 2.88 bits per heavy atom. The molecular formula is C13H19ClN2O. The van der Waals surface area contributed by atoms with E-state index in [-0.39, 0.29) is 5.60 Å². The maximum absolute atomic E-state index is 6.08. The lowest BCUT2D eigenvalue weighted by Crippen LogP contribution is -2.45. The minimum atomic E-state index is 0.00846. The summed E-state index contributed by atoms with van der Waals surface area (Å²) in [5.41, 5.74) is 0.00846. The Morgan fingerprint density at radius 1 is 1.47 bits per heavy atom. The zero-order chi connectivity index (χ0) is 12.1. The van der Waals surface area contributed by atoms with E-state index in [0.29, 0.717) is 5.02 Å². The zero-order valence-corrected chi connectivity index (χ0v) is 11.0. The number of nitrogens with zero attached hydrogens (tertiary/aromatic N) is 1. The van der Waals surface area contributed by atoms with Gasteiger partial charge < -0.3 is 10.1 Å². The Hall–Kier alpha value is -0.800. The lowest BCUT2D eigenvalue weighted by atomic mass is 9.77. The van der Waals surface area contributed by atoms with Gasteiger partial charge in [-0.1, -0.05) is 18.5 Å². The lowest BCUT2D eigenvalue weighted by Gasteiger charge is -2.42. The molecule has 0 unspecified atom stereocenters. The maximum atomic E-state index is 6.08. The molecule has 4 heteroatoms. The molecule has 0 radical (unpaired) electrons. The summed E-state index contributed by atoms with van der Waals surface area (Å²) in [6, 6.07) is 1.84. The van der Waals surface area contributed by atoms with Gasteiger partial charge in [0.05, 0.1) is 11.2 Å². The molecule has 2 rings (SSSR count). The third kappa shape index (κ3) is 3.33. The summed E-state index contributed by atoms with van der Waals surface area (Å²) in [6.45, 7) is 4.13. The van der Waals surface area contributed by atoms with Crippen LogP contribution in [-0.4, -0.2) is 23.7 Å². The van der Waals surface area contributed by atoms with Crippen LogP contribution in [0.2, 0.25) is 5.02 Å². The molecular weight excluding hydrogens is 236 g/mol. The van der Waals surface area contributed by atoms with Crippen LogP contribution in [0.1, 0.15) is 32.6 Å². The largest absolute Gasteiger partial charge is 0.486 e. The molecule has 1 aliphatic rings. The molecule has 94 valence electrons. The van der Waals surface area contributed by atoms with Gasteiger partial charge in [-0.15, -0.1) is 0 Å². The number of rotatable bonds is 6. The van der Waals surface area contributed by atoms with Crippen LogP contribution in [0.4, 0.5) is 0 Å². The van der Waals surface area contributed by atoms with Crippen molar-refractivity contribution < 1.29 is 4.74 Å². The first-order chi connectivity index (χ1) is 8.24. The fraction of sp³-hybridized carbons (Fsp3) is 0.615. The van der Waals surface area contributed by atoms with Crippen molar-refractivity contribution in [3.8, 4) is 5.75 Å². The normalized spacial score (nSPS) is 17.5. The van der Waals surface area contributed by atoms with Crippen molar-refractivity contribution >= 4 is 11.6 Å². The highest BCUT2D eigenvalue weighted by molar-refractivity contribution is 6.30. The molecule has 1 N–H and O–H groups in total. The topological polar surface area (TPSA) is 34.1 Å². The van der Waals surface area contributed by atoms with Crippen LogP contribution >= 0.6 is 11.6 Å². The number of halogens is 1. The van der Waals surface area contributed by atoms with Crippen molar-refractivity contribution in [2.24, 2.45) is 0 Å². The summed E-state index contributed by atoms with van der Waals surface area (Å²) >= 11 is 5.91. The highest BCUT2D eigenvalue weighted by Gasteiger charge is 2.38. The monoisotopic (exact) mass is 254 g/mol. The Balaban J connectivity index is 1.94. The zero-order valence-electron chi connectivity index (χ0n) is 10.2. The Bertz CT molecular complexity index is 366. The van der Waals surface area contributed by atoms with E-state index >= 15 is 0 Å². The molecule has 0 aliphatic heterocycles. The van der Waals surface area contributed by atoms with E-state index in [4.69, 9.17) is 16.3 Å². The van der Waals surface area contributed by atoms with Gasteiger partial charge in [-0.2, -0.15) is 0 Å². The summed E-state index contributed by atoms with van der Waals surface area (Å²) < 4.78 is 6.08. The van der Waals surface area contributed by atoms with E-state index in [0.717, 1.165) is 38.1 Å². The minimum Gasteiger partial charge on any atom is -0.486 e. The quantitative estimate of drug-likeness (QED) is 0.793. The number of hydrogen-bond acceptors (Lipinski definition) is 3. The lowest BCUT2D eigenvalue weighted by molar-refractivity contribution is -0.0144. The molecule has 0 amide bonds. The van der Waals surface area contributed by atoms with Crippen molar-refractivity contribution in [1.29, 1.82) is 0 Å². The average Bonchev–Trinajstić information content (AvgIpc) is 2.26. The molecule has 1 aromatic rings. The first-order valence-electron chi connectivity index (χ1n) is 6.24. The minimum absolute atomic E-state index is 0.00846. The van der Waals surface area contributed by atoms with Crippen LogP contribution in [0.25, 0.3) is 0 Å². The van der Waals surface area contributed by atoms with E-state index in [1.54, 1.807) is 12.4 Å². The fourth-order valence-electron chi connectivity index (χ4n) is 2.17. The predicted octanol–water partition coefficient (Wildman–Crippen LogP) is 3.04. The van der Waals surface area contributed by atoms with Crippen LogP contribution in [0, 0.1) is 0 Å². The molecule has 1 aromatic heterocycles. The van der Waals surface area contributed by atoms with Gasteiger partial charge in [0.25, 0.3) is 0 Å². The number of pyridine rings is 1. The predicted molar refractivity (Wildman–Crippen MR) is 69.6 cm³/mol. The number of ether oxygens (including phenoxy) is 1. The average molecular weight is 255 g/mol. The molecule has 0 bridgehead atoms. The molecule has 1 heterocycles. The van der Waals surface area contributed by atoms with Crippen LogP contribution in [-0.2, 0) is 0 Å². The van der Waals surface area contributed by atoms with Gasteiger partial charge in [-0.25, -0.2) is 0 Å². The fourth-order valence-corrected chi connectivity index (χ4v) is 2.33. The van der Waals surface area contributed by atoms with E-state index in [1.165, 1.54) is 6.42 Å². The van der Waals surface area contributed by atoms with E-state index in [9.17, 15) is 0 Å². The van der Waals surface area contributed by atoms with E-state index in [2.05, 4.69) is 17.2 Å². The van der Waals surface area contributed by atoms with Crippen molar-refractivity contribution in [2.75, 3.05) is 13.1 Å². The summed E-state index contributed by atoms with van der Waals surface area (Å²) in [7, 11) is 0. The van der Waals surface area contributed by atoms with E-state index < -0.39 is 0 Å². The summed E-state index contributed by atoms with van der Waals surface area (Å²) in [5, 5.41) is 3.98. The molecule has 3 nitrogen and oxygen atoms in total. The molecule has 1 saturated carbocycles. The van der Waals surface area contributed by atoms with Crippen LogP contribution in [0.3, 0.4) is 0 Å². The third-order valence-electron chi connectivity index (χ3n) is 3.29. The highest BCUT2D eigenvalue weighted by atomic mass is 35.5. The first kappa shape index (κ1) is 12.7. The molecule has 0 atom stereocenters. The van der Waals surface area contributed by atoms with Gasteiger partial charge in [-0.05, 0) is 38.8 Å². The molecule has 0 spiro atoms. The molecule has 0 saturated heterocycles. The van der Waals surface area contributed by atoms with Gasteiger partial charge in [-0.3, -0.25) is 4.98 Å². The van der Waals surface area contributed by atoms with Gasteiger partial charge >= 0.3 is 0 Å². The third-order valence-corrected chi connectivity index (χ3v) is 3.49. The Labute approximate surface area is 108 Å². The van der Waals surface area contributed by atoms with Crippen molar-refractivity contribution in [3.05, 3.63) is 23.5 Å². The van der Waals surface area contributed by atoms with Crippen molar-refractivity contribution in [3.63, 3.8) is 0 Å². The Morgan fingerprint density at radius 2 is 2.29 bits per heavy atom. The molecule has 1 fully saturated rings. The molecule has 17 heavy (non-hydrogen) atoms. The summed E-state index contributed by atoms with van der Waals surface area (Å²) in [6.07, 6.45) is 7.92. The van der Waals surface area contributed by atoms with Gasteiger partial charge in [0, 0.05) is 12.3 Å². The molecule has 1 aliphatic carbocycles. The van der Waals surface area contributed by atoms with Crippen molar-refractivity contribution in [1.82, 2.24) is 10.3 Å². The summed E-state index contributed by atoms with van der Waals surface area (Å²) in [4.78, 5) is 4.05. The van der Waals surface area contributed by atoms with Crippen LogP contribution in [0.5, 0.6) is 5.75 Å². The Kier molecular flexibility index (Phi) is 4.24. The van der Waals surface area contributed by atoms with Crippen molar-refractivity contribution in [2.45, 2.75) is 38.2 Å². The van der Waals surface area contributed by atoms with Crippen LogP contribution < -0.4 is 10.1 Å². The number of nitrogens with one attached hydrogen (secondary N) is 1. The van der Waals surface area contributed by atoms with Gasteiger partial charge in [0.1, 0.15) is 11.4 Å². The SMILES string of the molecule is CCNCCC1(Oc2cncc(Cl)c2)CCC1. The second kappa shape index (κ2) is 5.69. The first-order valence-corrected chi connectivity index (χ1v) is 6.62. The van der Waals surface area contributed by atoms with E-state index in [1.807, 2.05) is 6.07 Å².